The Morgan fingerprint density at radius 2 is 2.27 bits per heavy atom. The van der Waals surface area contributed by atoms with Crippen molar-refractivity contribution in [2.45, 2.75) is 44.6 Å². The predicted molar refractivity (Wildman–Crippen MR) is 83.5 cm³/mol. The third-order valence-corrected chi connectivity index (χ3v) is 5.44. The summed E-state index contributed by atoms with van der Waals surface area (Å²) < 4.78 is 5.74. The summed E-state index contributed by atoms with van der Waals surface area (Å²) in [7, 11) is 0. The zero-order valence-corrected chi connectivity index (χ0v) is 13.1. The number of ether oxygens (including phenoxy) is 1. The van der Waals surface area contributed by atoms with Crippen LogP contribution in [0.1, 0.15) is 54.1 Å². The Bertz CT molecular complexity index is 621. The normalized spacial score (nSPS) is 25.8. The van der Waals surface area contributed by atoms with E-state index in [1.54, 1.807) is 0 Å². The van der Waals surface area contributed by atoms with Gasteiger partial charge >= 0.3 is 5.97 Å². The van der Waals surface area contributed by atoms with Crippen LogP contribution in [-0.2, 0) is 12.0 Å². The Hall–Kier alpha value is -1.55. The third-order valence-electron chi connectivity index (χ3n) is 5.44. The van der Waals surface area contributed by atoms with Crippen molar-refractivity contribution >= 4 is 5.97 Å². The molecule has 22 heavy (non-hydrogen) atoms. The highest BCUT2D eigenvalue weighted by Crippen LogP contribution is 2.56. The third kappa shape index (κ3) is 2.30. The molecule has 1 saturated heterocycles. The van der Waals surface area contributed by atoms with Gasteiger partial charge < -0.3 is 9.84 Å². The molecular weight excluding hydrogens is 278 g/mol. The molecule has 1 N–H and O–H groups in total. The number of likely N-dealkylation sites (tertiary alicyclic amines) is 1. The molecule has 0 amide bonds. The maximum absolute atomic E-state index is 11.6. The molecule has 118 valence electrons. The Morgan fingerprint density at radius 3 is 2.95 bits per heavy atom. The second-order valence-corrected chi connectivity index (χ2v) is 7.38. The summed E-state index contributed by atoms with van der Waals surface area (Å²) in [6.07, 6.45) is 4.80. The van der Waals surface area contributed by atoms with Crippen LogP contribution in [0.2, 0.25) is 0 Å². The second kappa shape index (κ2) is 4.98. The van der Waals surface area contributed by atoms with Crippen LogP contribution in [0.5, 0.6) is 5.75 Å². The molecule has 0 radical (unpaired) electrons. The molecule has 0 bridgehead atoms. The molecule has 0 unspecified atom stereocenters. The first-order valence-electron chi connectivity index (χ1n) is 8.33. The van der Waals surface area contributed by atoms with Crippen molar-refractivity contribution in [3.63, 3.8) is 0 Å². The van der Waals surface area contributed by atoms with Crippen molar-refractivity contribution in [2.75, 3.05) is 19.7 Å². The fourth-order valence-corrected chi connectivity index (χ4v) is 4.03. The number of carbonyl (C=O) groups is 1. The molecule has 2 heterocycles. The lowest BCUT2D eigenvalue weighted by molar-refractivity contribution is 0.0692. The number of hydrogen-bond acceptors (Lipinski definition) is 3. The van der Waals surface area contributed by atoms with Gasteiger partial charge in [-0.1, -0.05) is 13.0 Å². The van der Waals surface area contributed by atoms with Gasteiger partial charge in [0, 0.05) is 24.1 Å². The monoisotopic (exact) mass is 301 g/mol. The molecule has 4 nitrogen and oxygen atoms in total. The van der Waals surface area contributed by atoms with E-state index in [4.69, 9.17) is 4.74 Å². The highest BCUT2D eigenvalue weighted by atomic mass is 16.5. The van der Waals surface area contributed by atoms with E-state index in [1.165, 1.54) is 12.8 Å². The number of benzene rings is 1. The number of rotatable bonds is 3. The number of aromatic carboxylic acids is 1. The first kappa shape index (κ1) is 14.1. The van der Waals surface area contributed by atoms with Gasteiger partial charge in [-0.05, 0) is 49.8 Å². The molecule has 1 aromatic rings. The lowest BCUT2D eigenvalue weighted by Crippen LogP contribution is -2.33. The number of carboxylic acid groups (broad SMARTS) is 1. The van der Waals surface area contributed by atoms with Gasteiger partial charge in [-0.15, -0.1) is 0 Å². The van der Waals surface area contributed by atoms with Gasteiger partial charge in [0.05, 0.1) is 6.61 Å². The molecule has 3 aliphatic rings. The fraction of sp³-hybridized carbons (Fsp3) is 0.611. The smallest absolute Gasteiger partial charge is 0.339 e. The fourth-order valence-electron chi connectivity index (χ4n) is 4.03. The summed E-state index contributed by atoms with van der Waals surface area (Å²) in [6.45, 7) is 6.04. The van der Waals surface area contributed by atoms with Gasteiger partial charge in [0.2, 0.25) is 0 Å². The van der Waals surface area contributed by atoms with Gasteiger partial charge in [0.25, 0.3) is 0 Å². The molecule has 4 rings (SSSR count). The number of carboxylic acids is 1. The Kier molecular flexibility index (Phi) is 3.19. The summed E-state index contributed by atoms with van der Waals surface area (Å²) in [5, 5.41) is 9.52. The highest BCUT2D eigenvalue weighted by molar-refractivity contribution is 5.92. The maximum atomic E-state index is 11.6. The van der Waals surface area contributed by atoms with Crippen molar-refractivity contribution < 1.29 is 14.6 Å². The van der Waals surface area contributed by atoms with Gasteiger partial charge in [0.1, 0.15) is 11.3 Å². The van der Waals surface area contributed by atoms with Crippen LogP contribution in [0, 0.1) is 5.92 Å². The Balaban J connectivity index is 1.65. The van der Waals surface area contributed by atoms with E-state index in [0.717, 1.165) is 49.5 Å². The molecule has 4 heteroatoms. The van der Waals surface area contributed by atoms with E-state index < -0.39 is 5.97 Å². The maximum Gasteiger partial charge on any atom is 0.339 e. The van der Waals surface area contributed by atoms with Crippen molar-refractivity contribution in [1.29, 1.82) is 0 Å². The zero-order chi connectivity index (χ0) is 15.3. The Morgan fingerprint density at radius 1 is 1.45 bits per heavy atom. The number of fused-ring (bicyclic) bond motifs is 2. The molecular formula is C18H23NO3. The van der Waals surface area contributed by atoms with E-state index in [-0.39, 0.29) is 5.41 Å². The van der Waals surface area contributed by atoms with Gasteiger partial charge in [-0.2, -0.15) is 0 Å². The molecule has 1 saturated carbocycles. The molecule has 1 aliphatic carbocycles. The topological polar surface area (TPSA) is 49.8 Å². The van der Waals surface area contributed by atoms with Crippen molar-refractivity contribution in [3.05, 3.63) is 28.8 Å². The first-order valence-corrected chi connectivity index (χ1v) is 8.33. The van der Waals surface area contributed by atoms with Crippen LogP contribution >= 0.6 is 0 Å². The van der Waals surface area contributed by atoms with Crippen molar-refractivity contribution in [2.24, 2.45) is 5.92 Å². The molecule has 2 fully saturated rings. The quantitative estimate of drug-likeness (QED) is 0.932. The van der Waals surface area contributed by atoms with E-state index in [1.807, 2.05) is 6.07 Å². The Labute approximate surface area is 131 Å². The molecule has 2 aliphatic heterocycles. The number of hydrogen-bond donors (Lipinski definition) is 1. The van der Waals surface area contributed by atoms with Gasteiger partial charge in [-0.3, -0.25) is 4.90 Å². The molecule has 1 atom stereocenters. The summed E-state index contributed by atoms with van der Waals surface area (Å²) in [4.78, 5) is 14.1. The zero-order valence-electron chi connectivity index (χ0n) is 13.1. The lowest BCUT2D eigenvalue weighted by atomic mass is 9.93. The lowest BCUT2D eigenvalue weighted by Gasteiger charge is -2.31. The van der Waals surface area contributed by atoms with E-state index in [9.17, 15) is 9.90 Å². The van der Waals surface area contributed by atoms with Crippen LogP contribution in [0.25, 0.3) is 0 Å². The largest absolute Gasteiger partial charge is 0.491 e. The number of nitrogens with zero attached hydrogens (tertiary/aromatic N) is 1. The average Bonchev–Trinajstić information content (AvgIpc) is 3.17. The van der Waals surface area contributed by atoms with Crippen LogP contribution in [-0.4, -0.2) is 35.7 Å². The van der Waals surface area contributed by atoms with Crippen LogP contribution < -0.4 is 4.74 Å². The van der Waals surface area contributed by atoms with Crippen molar-refractivity contribution in [3.8, 4) is 5.75 Å². The molecule has 0 aromatic heterocycles. The second-order valence-electron chi connectivity index (χ2n) is 7.38. The first-order chi connectivity index (χ1) is 10.6. The summed E-state index contributed by atoms with van der Waals surface area (Å²) in [6, 6.07) is 4.03. The van der Waals surface area contributed by atoms with Crippen LogP contribution in [0.4, 0.5) is 0 Å². The summed E-state index contributed by atoms with van der Waals surface area (Å²) in [5.41, 5.74) is 2.75. The van der Waals surface area contributed by atoms with E-state index >= 15 is 0 Å². The highest BCUT2D eigenvalue weighted by Gasteiger charge is 2.51. The standard InChI is InChI=1S/C18H23NO3/c1-12-3-2-6-19(9-12)10-13-7-14(17(20)21)16-15(8-13)18(4-5-18)11-22-16/h7-8,12H,2-6,9-11H2,1H3,(H,20,21)/t12-/m0/s1. The minimum absolute atomic E-state index is 0.130. The average molecular weight is 301 g/mol. The summed E-state index contributed by atoms with van der Waals surface area (Å²) in [5.74, 6) is 0.490. The molecule has 1 spiro atoms. The minimum atomic E-state index is -0.872. The molecule has 1 aromatic carbocycles. The van der Waals surface area contributed by atoms with E-state index in [0.29, 0.717) is 17.9 Å². The van der Waals surface area contributed by atoms with Crippen LogP contribution in [0.15, 0.2) is 12.1 Å². The van der Waals surface area contributed by atoms with E-state index in [2.05, 4.69) is 17.9 Å². The minimum Gasteiger partial charge on any atom is -0.491 e. The number of piperidine rings is 1. The van der Waals surface area contributed by atoms with Gasteiger partial charge in [-0.25, -0.2) is 4.79 Å². The van der Waals surface area contributed by atoms with Crippen molar-refractivity contribution in [1.82, 2.24) is 4.90 Å². The predicted octanol–water partition coefficient (Wildman–Crippen LogP) is 3.04. The van der Waals surface area contributed by atoms with Gasteiger partial charge in [0.15, 0.2) is 0 Å². The van der Waals surface area contributed by atoms with Crippen LogP contribution in [0.3, 0.4) is 0 Å². The summed E-state index contributed by atoms with van der Waals surface area (Å²) >= 11 is 0. The SMILES string of the molecule is C[C@H]1CCCN(Cc2cc(C(=O)O)c3c(c2)C2(CC2)CO3)C1.